The van der Waals surface area contributed by atoms with Crippen molar-refractivity contribution in [1.82, 2.24) is 0 Å². The number of hydrogen-bond donors (Lipinski definition) is 5. The highest BCUT2D eigenvalue weighted by molar-refractivity contribution is 6.31. The van der Waals surface area contributed by atoms with Crippen molar-refractivity contribution in [2.45, 2.75) is 12.8 Å². The third-order valence-electron chi connectivity index (χ3n) is 8.34. The number of halogens is 4. The second kappa shape index (κ2) is 21.7. The molecule has 0 saturated carbocycles. The van der Waals surface area contributed by atoms with Crippen LogP contribution in [0.4, 0.5) is 22.7 Å². The van der Waals surface area contributed by atoms with Crippen LogP contribution in [-0.4, -0.2) is 48.3 Å². The first-order valence-corrected chi connectivity index (χ1v) is 19.5. The van der Waals surface area contributed by atoms with E-state index in [0.29, 0.717) is 56.5 Å². The van der Waals surface area contributed by atoms with Crippen LogP contribution < -0.4 is 30.7 Å². The lowest BCUT2D eigenvalue weighted by atomic mass is 10.1. The van der Waals surface area contributed by atoms with E-state index in [1.807, 2.05) is 60.7 Å². The fourth-order valence-electron chi connectivity index (χ4n) is 5.45. The number of amides is 2. The Morgan fingerprint density at radius 3 is 1.84 bits per heavy atom. The van der Waals surface area contributed by atoms with Crippen molar-refractivity contribution in [2.75, 3.05) is 47.6 Å². The van der Waals surface area contributed by atoms with Gasteiger partial charge in [-0.2, -0.15) is 0 Å². The van der Waals surface area contributed by atoms with E-state index in [9.17, 15) is 14.7 Å². The van der Waals surface area contributed by atoms with Gasteiger partial charge in [0.2, 0.25) is 0 Å². The molecule has 2 aliphatic heterocycles. The van der Waals surface area contributed by atoms with Crippen molar-refractivity contribution < 1.29 is 29.3 Å². The number of rotatable bonds is 3. The monoisotopic (exact) mass is 860 g/mol. The molecule has 0 radical (unpaired) electrons. The average molecular weight is 863 g/mol. The maximum atomic E-state index is 12.6. The molecule has 0 atom stereocenters. The molecule has 2 amide bonds. The van der Waals surface area contributed by atoms with Crippen molar-refractivity contribution in [3.05, 3.63) is 165 Å². The maximum absolute atomic E-state index is 12.6. The number of nitrogen functional groups attached to an aromatic ring is 1. The summed E-state index contributed by atoms with van der Waals surface area (Å²) in [6.45, 7) is 2.96. The number of ether oxygens (including phenoxy) is 2. The first-order valence-electron chi connectivity index (χ1n) is 18.0. The number of hydrogen-bond acceptors (Lipinski definition) is 8. The zero-order valence-electron chi connectivity index (χ0n) is 31.0. The van der Waals surface area contributed by atoms with Gasteiger partial charge >= 0.3 is 0 Å². The Hall–Kier alpha value is -5.78. The SMILES string of the molecule is Clc1ccc2c(c1)OCCCN2.Nc1ccc(Cl)cc1O.O=C(Nc1ccc(Cl)cc1O)c1ccccc1.O=C(c1ccccc1)N1CCCOc2cc(Cl)ccc21. The van der Waals surface area contributed by atoms with Gasteiger partial charge in [0, 0.05) is 68.6 Å². The number of nitrogens with one attached hydrogen (secondary N) is 2. The average Bonchev–Trinajstić information content (AvgIpc) is 3.59. The van der Waals surface area contributed by atoms with Gasteiger partial charge in [-0.25, -0.2) is 0 Å². The molecule has 6 aromatic rings. The molecule has 0 aromatic heterocycles. The normalized spacial score (nSPS) is 12.4. The van der Waals surface area contributed by atoms with Crippen molar-refractivity contribution in [2.24, 2.45) is 0 Å². The quantitative estimate of drug-likeness (QED) is 0.0873. The molecule has 0 aliphatic carbocycles. The van der Waals surface area contributed by atoms with Crippen LogP contribution in [0.15, 0.2) is 133 Å². The summed E-state index contributed by atoms with van der Waals surface area (Å²) in [6.07, 6.45) is 1.83. The molecule has 0 spiro atoms. The first kappa shape index (κ1) is 43.3. The lowest BCUT2D eigenvalue weighted by Crippen LogP contribution is -2.31. The number of carbonyl (C=O) groups excluding carboxylic acids is 2. The minimum atomic E-state index is -0.275. The second-order valence-corrected chi connectivity index (χ2v) is 14.3. The maximum Gasteiger partial charge on any atom is 0.258 e. The molecule has 0 fully saturated rings. The third-order valence-corrected chi connectivity index (χ3v) is 9.28. The molecule has 8 rings (SSSR count). The molecular weight excluding hydrogens is 822 g/mol. The summed E-state index contributed by atoms with van der Waals surface area (Å²) in [4.78, 5) is 26.2. The summed E-state index contributed by atoms with van der Waals surface area (Å²) in [7, 11) is 0. The number of phenols is 2. The Morgan fingerprint density at radius 1 is 0.638 bits per heavy atom. The molecule has 0 unspecified atom stereocenters. The number of nitrogens with zero attached hydrogens (tertiary/aromatic N) is 1. The molecule has 0 saturated heterocycles. The predicted molar refractivity (Wildman–Crippen MR) is 235 cm³/mol. The van der Waals surface area contributed by atoms with E-state index in [-0.39, 0.29) is 23.3 Å². The van der Waals surface area contributed by atoms with E-state index >= 15 is 0 Å². The standard InChI is InChI=1S/C16H14ClNO2.C13H10ClNO2.C9H10ClNO.C6H6ClNO/c17-13-7-8-14-15(11-13)20-10-4-9-18(14)16(19)12-5-2-1-3-6-12;14-10-6-7-11(12(16)8-10)15-13(17)9-4-2-1-3-5-9;10-7-2-3-8-9(6-7)12-5-1-4-11-8;7-4-1-2-5(8)6(9)3-4/h1-3,5-8,11H,4,9-10H2;1-8,16H,(H,15,17);2-3,6,11H,1,4-5H2;1-3,9H,8H2. The Labute approximate surface area is 356 Å². The number of fused-ring (bicyclic) bond motifs is 2. The third kappa shape index (κ3) is 12.9. The lowest BCUT2D eigenvalue weighted by Gasteiger charge is -2.22. The van der Waals surface area contributed by atoms with E-state index in [0.717, 1.165) is 48.1 Å². The van der Waals surface area contributed by atoms with Crippen molar-refractivity contribution in [3.63, 3.8) is 0 Å². The van der Waals surface area contributed by atoms with Gasteiger partial charge in [-0.3, -0.25) is 9.59 Å². The second-order valence-electron chi connectivity index (χ2n) is 12.6. The van der Waals surface area contributed by atoms with Crippen molar-refractivity contribution in [1.29, 1.82) is 0 Å². The van der Waals surface area contributed by atoms with Gasteiger partial charge in [-0.1, -0.05) is 82.8 Å². The highest BCUT2D eigenvalue weighted by atomic mass is 35.5. The predicted octanol–water partition coefficient (Wildman–Crippen LogP) is 11.2. The van der Waals surface area contributed by atoms with Gasteiger partial charge < -0.3 is 41.0 Å². The fraction of sp³-hybridized carbons (Fsp3) is 0.136. The van der Waals surface area contributed by atoms with E-state index in [1.165, 1.54) is 12.1 Å². The van der Waals surface area contributed by atoms with Gasteiger partial charge in [-0.15, -0.1) is 0 Å². The number of nitrogens with two attached hydrogens (primary N) is 1. The van der Waals surface area contributed by atoms with Crippen LogP contribution in [0.1, 0.15) is 33.6 Å². The topological polar surface area (TPSA) is 146 Å². The van der Waals surface area contributed by atoms with Crippen LogP contribution in [-0.2, 0) is 0 Å². The van der Waals surface area contributed by atoms with E-state index in [2.05, 4.69) is 10.6 Å². The van der Waals surface area contributed by atoms with Gasteiger partial charge in [0.05, 0.1) is 36.0 Å². The van der Waals surface area contributed by atoms with E-state index in [1.54, 1.807) is 65.6 Å². The Bertz CT molecular complexity index is 2300. The molecule has 10 nitrogen and oxygen atoms in total. The summed E-state index contributed by atoms with van der Waals surface area (Å²) in [5, 5.41) is 26.6. The molecule has 300 valence electrons. The summed E-state index contributed by atoms with van der Waals surface area (Å²) in [5.74, 6) is 1.21. The molecule has 0 bridgehead atoms. The largest absolute Gasteiger partial charge is 0.506 e. The summed E-state index contributed by atoms with van der Waals surface area (Å²) in [5.41, 5.74) is 8.99. The smallest absolute Gasteiger partial charge is 0.258 e. The molecule has 2 aliphatic rings. The number of aromatic hydroxyl groups is 2. The molecule has 2 heterocycles. The summed E-state index contributed by atoms with van der Waals surface area (Å²) in [6, 6.07) is 38.2. The van der Waals surface area contributed by atoms with Crippen molar-refractivity contribution >= 4 is 81.0 Å². The Morgan fingerprint density at radius 2 is 1.19 bits per heavy atom. The lowest BCUT2D eigenvalue weighted by molar-refractivity contribution is 0.0985. The zero-order valence-corrected chi connectivity index (χ0v) is 34.0. The number of anilines is 4. The summed E-state index contributed by atoms with van der Waals surface area (Å²) < 4.78 is 11.1. The van der Waals surface area contributed by atoms with E-state index in [4.69, 9.17) is 66.7 Å². The molecule has 14 heteroatoms. The number of carbonyl (C=O) groups is 2. The minimum absolute atomic E-state index is 0.0142. The minimum Gasteiger partial charge on any atom is -0.506 e. The first-order chi connectivity index (χ1) is 28.0. The molecule has 6 aromatic carbocycles. The van der Waals surface area contributed by atoms with E-state index < -0.39 is 0 Å². The van der Waals surface area contributed by atoms with Crippen LogP contribution in [0.5, 0.6) is 23.0 Å². The molecule has 58 heavy (non-hydrogen) atoms. The molecule has 6 N–H and O–H groups in total. The van der Waals surface area contributed by atoms with Crippen LogP contribution in [0.2, 0.25) is 20.1 Å². The Balaban J connectivity index is 0.000000153. The Kier molecular flexibility index (Phi) is 16.2. The zero-order chi connectivity index (χ0) is 41.4. The van der Waals surface area contributed by atoms with Gasteiger partial charge in [0.25, 0.3) is 11.8 Å². The van der Waals surface area contributed by atoms with Crippen LogP contribution in [0, 0.1) is 0 Å². The fourth-order valence-corrected chi connectivity index (χ4v) is 6.11. The molecular formula is C44H40Cl4N4O6. The van der Waals surface area contributed by atoms with Crippen LogP contribution in [0.25, 0.3) is 0 Å². The van der Waals surface area contributed by atoms with Gasteiger partial charge in [0.15, 0.2) is 0 Å². The van der Waals surface area contributed by atoms with Gasteiger partial charge in [0.1, 0.15) is 23.0 Å². The van der Waals surface area contributed by atoms with Crippen molar-refractivity contribution in [3.8, 4) is 23.0 Å². The highest BCUT2D eigenvalue weighted by Crippen LogP contribution is 2.34. The van der Waals surface area contributed by atoms with Gasteiger partial charge in [-0.05, 0) is 85.6 Å². The number of phenolic OH excluding ortho intramolecular Hbond substituents is 2. The highest BCUT2D eigenvalue weighted by Gasteiger charge is 2.23. The van der Waals surface area contributed by atoms with Crippen LogP contribution in [0.3, 0.4) is 0 Å². The van der Waals surface area contributed by atoms with Crippen LogP contribution >= 0.6 is 46.4 Å². The number of benzene rings is 6. The summed E-state index contributed by atoms with van der Waals surface area (Å²) >= 11 is 23.0.